The Morgan fingerprint density at radius 2 is 2.24 bits per heavy atom. The Hall–Kier alpha value is -1.83. The van der Waals surface area contributed by atoms with Gasteiger partial charge in [-0.15, -0.1) is 11.3 Å². The van der Waals surface area contributed by atoms with Crippen molar-refractivity contribution in [1.29, 1.82) is 0 Å². The van der Waals surface area contributed by atoms with Crippen molar-refractivity contribution in [2.24, 2.45) is 0 Å². The minimum atomic E-state index is -4.31. The van der Waals surface area contributed by atoms with Crippen molar-refractivity contribution in [2.75, 3.05) is 6.54 Å². The maximum atomic E-state index is 12.1. The summed E-state index contributed by atoms with van der Waals surface area (Å²) >= 11 is 1.51. The molecule has 0 radical (unpaired) electrons. The fourth-order valence-corrected chi connectivity index (χ4v) is 2.64. The largest absolute Gasteiger partial charge is 0.389 e. The standard InChI is InChI=1S/C13H14F3N3OS/c14-13(15,16)5-4-12(20)17-9-10(11-3-1-8-21-11)19-7-2-6-18-19/h1-3,6-8,10H,4-5,9H2,(H,17,20). The average Bonchev–Trinajstić information content (AvgIpc) is 3.09. The van der Waals surface area contributed by atoms with E-state index in [-0.39, 0.29) is 12.6 Å². The van der Waals surface area contributed by atoms with E-state index >= 15 is 0 Å². The van der Waals surface area contributed by atoms with Gasteiger partial charge in [0.15, 0.2) is 0 Å². The van der Waals surface area contributed by atoms with Gasteiger partial charge in [-0.1, -0.05) is 6.07 Å². The average molecular weight is 317 g/mol. The predicted molar refractivity (Wildman–Crippen MR) is 73.0 cm³/mol. The lowest BCUT2D eigenvalue weighted by Crippen LogP contribution is -2.31. The first-order chi connectivity index (χ1) is 9.96. The van der Waals surface area contributed by atoms with E-state index in [4.69, 9.17) is 0 Å². The van der Waals surface area contributed by atoms with Gasteiger partial charge in [-0.05, 0) is 17.5 Å². The third-order valence-electron chi connectivity index (χ3n) is 2.84. The van der Waals surface area contributed by atoms with Crippen LogP contribution in [0.4, 0.5) is 13.2 Å². The van der Waals surface area contributed by atoms with E-state index < -0.39 is 24.9 Å². The monoisotopic (exact) mass is 317 g/mol. The molecule has 1 unspecified atom stereocenters. The smallest absolute Gasteiger partial charge is 0.354 e. The highest BCUT2D eigenvalue weighted by molar-refractivity contribution is 7.10. The second kappa shape index (κ2) is 6.75. The SMILES string of the molecule is O=C(CCC(F)(F)F)NCC(c1cccs1)n1cccn1. The van der Waals surface area contributed by atoms with E-state index in [1.54, 1.807) is 23.1 Å². The van der Waals surface area contributed by atoms with Crippen molar-refractivity contribution in [3.05, 3.63) is 40.8 Å². The van der Waals surface area contributed by atoms with Crippen molar-refractivity contribution >= 4 is 17.2 Å². The van der Waals surface area contributed by atoms with Crippen LogP contribution in [0.5, 0.6) is 0 Å². The molecular weight excluding hydrogens is 303 g/mol. The summed E-state index contributed by atoms with van der Waals surface area (Å²) in [5.74, 6) is -0.610. The first-order valence-corrected chi connectivity index (χ1v) is 7.19. The Morgan fingerprint density at radius 3 is 2.81 bits per heavy atom. The molecule has 0 saturated carbocycles. The normalized spacial score (nSPS) is 13.1. The van der Waals surface area contributed by atoms with Gasteiger partial charge in [0.25, 0.3) is 0 Å². The quantitative estimate of drug-likeness (QED) is 0.890. The fraction of sp³-hybridized carbons (Fsp3) is 0.385. The van der Waals surface area contributed by atoms with Gasteiger partial charge < -0.3 is 5.32 Å². The van der Waals surface area contributed by atoms with Crippen molar-refractivity contribution in [3.63, 3.8) is 0 Å². The molecule has 1 amide bonds. The molecule has 2 aromatic heterocycles. The van der Waals surface area contributed by atoms with Crippen molar-refractivity contribution in [1.82, 2.24) is 15.1 Å². The maximum absolute atomic E-state index is 12.1. The third-order valence-corrected chi connectivity index (χ3v) is 3.82. The van der Waals surface area contributed by atoms with Gasteiger partial charge in [0.1, 0.15) is 6.04 Å². The topological polar surface area (TPSA) is 46.9 Å². The van der Waals surface area contributed by atoms with Gasteiger partial charge in [0.05, 0.1) is 6.42 Å². The minimum Gasteiger partial charge on any atom is -0.354 e. The number of hydrogen-bond donors (Lipinski definition) is 1. The lowest BCUT2D eigenvalue weighted by molar-refractivity contribution is -0.144. The summed E-state index contributed by atoms with van der Waals surface area (Å²) in [6, 6.07) is 5.32. The summed E-state index contributed by atoms with van der Waals surface area (Å²) in [5.41, 5.74) is 0. The molecule has 0 fully saturated rings. The van der Waals surface area contributed by atoms with E-state index in [0.29, 0.717) is 0 Å². The molecule has 2 aromatic rings. The molecule has 0 bridgehead atoms. The van der Waals surface area contributed by atoms with Gasteiger partial charge in [-0.3, -0.25) is 9.48 Å². The van der Waals surface area contributed by atoms with E-state index in [1.807, 2.05) is 17.5 Å². The molecule has 21 heavy (non-hydrogen) atoms. The lowest BCUT2D eigenvalue weighted by atomic mass is 10.2. The van der Waals surface area contributed by atoms with Crippen LogP contribution in [0.25, 0.3) is 0 Å². The number of amides is 1. The second-order valence-electron chi connectivity index (χ2n) is 4.44. The zero-order chi connectivity index (χ0) is 15.3. The predicted octanol–water partition coefficient (Wildman–Crippen LogP) is 2.99. The number of carbonyl (C=O) groups is 1. The van der Waals surface area contributed by atoms with Crippen LogP contribution in [0.3, 0.4) is 0 Å². The molecule has 0 aliphatic carbocycles. The zero-order valence-electron chi connectivity index (χ0n) is 11.0. The maximum Gasteiger partial charge on any atom is 0.389 e. The number of thiophene rings is 1. The molecular formula is C13H14F3N3OS. The fourth-order valence-electron chi connectivity index (χ4n) is 1.82. The highest BCUT2D eigenvalue weighted by Crippen LogP contribution is 2.23. The highest BCUT2D eigenvalue weighted by atomic mass is 32.1. The summed E-state index contributed by atoms with van der Waals surface area (Å²) in [6.07, 6.45) is -2.60. The molecule has 8 heteroatoms. The van der Waals surface area contributed by atoms with Crippen LogP contribution in [0, 0.1) is 0 Å². The molecule has 1 atom stereocenters. The number of rotatable bonds is 6. The summed E-state index contributed by atoms with van der Waals surface area (Å²) in [5, 5.41) is 8.57. The number of aromatic nitrogens is 2. The second-order valence-corrected chi connectivity index (χ2v) is 5.42. The first kappa shape index (κ1) is 15.6. The zero-order valence-corrected chi connectivity index (χ0v) is 11.8. The molecule has 114 valence electrons. The number of carbonyl (C=O) groups excluding carboxylic acids is 1. The van der Waals surface area contributed by atoms with Gasteiger partial charge in [-0.25, -0.2) is 0 Å². The van der Waals surface area contributed by atoms with Crippen LogP contribution in [-0.4, -0.2) is 28.4 Å². The van der Waals surface area contributed by atoms with Gasteiger partial charge in [0, 0.05) is 30.2 Å². The molecule has 2 rings (SSSR count). The Morgan fingerprint density at radius 1 is 1.43 bits per heavy atom. The number of nitrogens with one attached hydrogen (secondary N) is 1. The number of halogens is 3. The summed E-state index contributed by atoms with van der Waals surface area (Å²) in [4.78, 5) is 12.5. The number of hydrogen-bond acceptors (Lipinski definition) is 3. The molecule has 0 spiro atoms. The Labute approximate surface area is 123 Å². The highest BCUT2D eigenvalue weighted by Gasteiger charge is 2.28. The molecule has 4 nitrogen and oxygen atoms in total. The Balaban J connectivity index is 1.93. The molecule has 2 heterocycles. The van der Waals surface area contributed by atoms with Crippen LogP contribution in [0.15, 0.2) is 36.0 Å². The third kappa shape index (κ3) is 4.89. The van der Waals surface area contributed by atoms with Crippen molar-refractivity contribution < 1.29 is 18.0 Å². The van der Waals surface area contributed by atoms with E-state index in [0.717, 1.165) is 4.88 Å². The molecule has 0 saturated heterocycles. The number of nitrogens with zero attached hydrogens (tertiary/aromatic N) is 2. The van der Waals surface area contributed by atoms with Crippen LogP contribution in [0.2, 0.25) is 0 Å². The minimum absolute atomic E-state index is 0.207. The van der Waals surface area contributed by atoms with Gasteiger partial charge in [0.2, 0.25) is 5.91 Å². The lowest BCUT2D eigenvalue weighted by Gasteiger charge is -2.17. The van der Waals surface area contributed by atoms with Gasteiger partial charge in [-0.2, -0.15) is 18.3 Å². The van der Waals surface area contributed by atoms with Crippen LogP contribution >= 0.6 is 11.3 Å². The molecule has 1 N–H and O–H groups in total. The van der Waals surface area contributed by atoms with Crippen molar-refractivity contribution in [2.45, 2.75) is 25.1 Å². The summed E-state index contributed by atoms with van der Waals surface area (Å²) < 4.78 is 37.9. The van der Waals surface area contributed by atoms with E-state index in [2.05, 4.69) is 10.4 Å². The van der Waals surface area contributed by atoms with E-state index in [9.17, 15) is 18.0 Å². The Kier molecular flexibility index (Phi) is 5.00. The van der Waals surface area contributed by atoms with Crippen LogP contribution in [0.1, 0.15) is 23.8 Å². The van der Waals surface area contributed by atoms with Crippen molar-refractivity contribution in [3.8, 4) is 0 Å². The summed E-state index contributed by atoms with van der Waals surface area (Å²) in [6.45, 7) is 0.207. The van der Waals surface area contributed by atoms with Crippen LogP contribution < -0.4 is 5.32 Å². The van der Waals surface area contributed by atoms with Gasteiger partial charge >= 0.3 is 6.18 Å². The van der Waals surface area contributed by atoms with E-state index in [1.165, 1.54) is 11.3 Å². The summed E-state index contributed by atoms with van der Waals surface area (Å²) in [7, 11) is 0. The Bertz CT molecular complexity index is 517. The van der Waals surface area contributed by atoms with Crippen LogP contribution in [-0.2, 0) is 4.79 Å². The molecule has 0 aliphatic heterocycles. The molecule has 0 aliphatic rings. The molecule has 0 aromatic carbocycles. The first-order valence-electron chi connectivity index (χ1n) is 6.32. The number of alkyl halides is 3.